The zero-order chi connectivity index (χ0) is 25.6. The highest BCUT2D eigenvalue weighted by molar-refractivity contribution is 6.05. The Kier molecular flexibility index (Phi) is 5.78. The van der Waals surface area contributed by atoms with E-state index in [1.54, 1.807) is 38.1 Å². The van der Waals surface area contributed by atoms with Crippen LogP contribution in [0.3, 0.4) is 0 Å². The monoisotopic (exact) mass is 491 g/mol. The number of nitrogens with one attached hydrogen (secondary N) is 2. The number of pyridine rings is 1. The standard InChI is InChI=1S/C24H22FN7O4/c1-12-7-17(21(25)26-9-12)13(2)27-22(34)18-11-32(30-29-18)15-3-4-16-14(8-15)10-31(24(16)36)19-5-6-20(33)28-23(19)35/h3-4,7-9,11,13,19H,5-6,10H2,1-2H3,(H,27,34)(H,28,33,35). The molecule has 2 N–H and O–H groups in total. The van der Waals surface area contributed by atoms with Gasteiger partial charge < -0.3 is 10.2 Å². The minimum absolute atomic E-state index is 0.0321. The van der Waals surface area contributed by atoms with Crippen LogP contribution in [0.4, 0.5) is 4.39 Å². The molecule has 2 aliphatic heterocycles. The molecule has 0 saturated carbocycles. The number of carbonyl (C=O) groups excluding carboxylic acids is 4. The topological polar surface area (TPSA) is 139 Å². The number of imide groups is 1. The molecule has 3 aromatic rings. The Labute approximate surface area is 204 Å². The Morgan fingerprint density at radius 1 is 1.25 bits per heavy atom. The lowest BCUT2D eigenvalue weighted by Gasteiger charge is -2.29. The number of carbonyl (C=O) groups is 4. The highest BCUT2D eigenvalue weighted by atomic mass is 19.1. The maximum Gasteiger partial charge on any atom is 0.273 e. The maximum atomic E-state index is 14.1. The van der Waals surface area contributed by atoms with Crippen molar-refractivity contribution in [1.29, 1.82) is 0 Å². The van der Waals surface area contributed by atoms with Crippen LogP contribution in [-0.2, 0) is 16.1 Å². The Balaban J connectivity index is 1.31. The molecule has 1 aromatic carbocycles. The summed E-state index contributed by atoms with van der Waals surface area (Å²) in [6, 6.07) is 5.32. The van der Waals surface area contributed by atoms with Crippen molar-refractivity contribution < 1.29 is 23.6 Å². The SMILES string of the molecule is Cc1cnc(F)c(C(C)NC(=O)c2cn(-c3ccc4c(c3)CN(C3CCC(=O)NC3=O)C4=O)nn2)c1. The summed E-state index contributed by atoms with van der Waals surface area (Å²) in [6.07, 6.45) is 3.30. The van der Waals surface area contributed by atoms with Crippen molar-refractivity contribution in [2.45, 2.75) is 45.3 Å². The Morgan fingerprint density at radius 3 is 2.83 bits per heavy atom. The predicted molar refractivity (Wildman–Crippen MR) is 122 cm³/mol. The van der Waals surface area contributed by atoms with E-state index in [0.29, 0.717) is 16.8 Å². The Hall–Kier alpha value is -4.48. The van der Waals surface area contributed by atoms with Gasteiger partial charge in [0.05, 0.1) is 17.9 Å². The third-order valence-corrected chi connectivity index (χ3v) is 6.31. The molecular weight excluding hydrogens is 469 g/mol. The first-order valence-electron chi connectivity index (χ1n) is 11.3. The molecule has 2 unspecified atom stereocenters. The largest absolute Gasteiger partial charge is 0.344 e. The average Bonchev–Trinajstić information content (AvgIpc) is 3.46. The molecule has 2 aromatic heterocycles. The highest BCUT2D eigenvalue weighted by Crippen LogP contribution is 2.29. The summed E-state index contributed by atoms with van der Waals surface area (Å²) in [5.41, 5.74) is 2.79. The smallest absolute Gasteiger partial charge is 0.273 e. The van der Waals surface area contributed by atoms with Crippen LogP contribution in [0.15, 0.2) is 36.7 Å². The fraction of sp³-hybridized carbons (Fsp3) is 0.292. The minimum atomic E-state index is -0.705. The third-order valence-electron chi connectivity index (χ3n) is 6.31. The number of halogens is 1. The van der Waals surface area contributed by atoms with Crippen LogP contribution < -0.4 is 10.6 Å². The van der Waals surface area contributed by atoms with E-state index in [9.17, 15) is 23.6 Å². The van der Waals surface area contributed by atoms with Crippen LogP contribution in [0.1, 0.15) is 63.3 Å². The highest BCUT2D eigenvalue weighted by Gasteiger charge is 2.39. The number of aromatic nitrogens is 4. The van der Waals surface area contributed by atoms with Gasteiger partial charge in [0.2, 0.25) is 17.8 Å². The van der Waals surface area contributed by atoms with Crippen molar-refractivity contribution >= 4 is 23.6 Å². The molecular formula is C24H22FN7O4. The molecule has 4 heterocycles. The van der Waals surface area contributed by atoms with Crippen molar-refractivity contribution in [3.05, 3.63) is 70.6 Å². The molecule has 12 heteroatoms. The van der Waals surface area contributed by atoms with Gasteiger partial charge >= 0.3 is 0 Å². The van der Waals surface area contributed by atoms with Gasteiger partial charge in [0, 0.05) is 30.3 Å². The van der Waals surface area contributed by atoms with E-state index in [4.69, 9.17) is 0 Å². The second kappa shape index (κ2) is 8.95. The van der Waals surface area contributed by atoms with Gasteiger partial charge in [-0.1, -0.05) is 5.21 Å². The number of piperidine rings is 1. The van der Waals surface area contributed by atoms with E-state index in [-0.39, 0.29) is 42.5 Å². The molecule has 2 aliphatic rings. The Morgan fingerprint density at radius 2 is 2.06 bits per heavy atom. The summed E-state index contributed by atoms with van der Waals surface area (Å²) in [4.78, 5) is 54.4. The Bertz CT molecular complexity index is 1420. The lowest BCUT2D eigenvalue weighted by molar-refractivity contribution is -0.136. The van der Waals surface area contributed by atoms with Gasteiger partial charge in [0.1, 0.15) is 6.04 Å². The summed E-state index contributed by atoms with van der Waals surface area (Å²) in [7, 11) is 0. The van der Waals surface area contributed by atoms with E-state index in [2.05, 4.69) is 25.9 Å². The maximum absolute atomic E-state index is 14.1. The van der Waals surface area contributed by atoms with Crippen molar-refractivity contribution in [1.82, 2.24) is 35.5 Å². The van der Waals surface area contributed by atoms with E-state index in [0.717, 1.165) is 5.56 Å². The van der Waals surface area contributed by atoms with Gasteiger partial charge in [-0.15, -0.1) is 5.10 Å². The van der Waals surface area contributed by atoms with E-state index >= 15 is 0 Å². The molecule has 1 fully saturated rings. The molecule has 0 radical (unpaired) electrons. The quantitative estimate of drug-likeness (QED) is 0.406. The number of benzene rings is 1. The lowest BCUT2D eigenvalue weighted by atomic mass is 10.0. The summed E-state index contributed by atoms with van der Waals surface area (Å²) >= 11 is 0. The number of aryl methyl sites for hydroxylation is 1. The van der Waals surface area contributed by atoms with Crippen LogP contribution >= 0.6 is 0 Å². The zero-order valence-electron chi connectivity index (χ0n) is 19.5. The van der Waals surface area contributed by atoms with Crippen LogP contribution in [-0.4, -0.2) is 54.5 Å². The fourth-order valence-electron chi connectivity index (χ4n) is 4.42. The molecule has 184 valence electrons. The van der Waals surface area contributed by atoms with Crippen molar-refractivity contribution in [2.75, 3.05) is 0 Å². The van der Waals surface area contributed by atoms with Gasteiger partial charge in [-0.25, -0.2) is 9.67 Å². The summed E-state index contributed by atoms with van der Waals surface area (Å²) in [6.45, 7) is 3.64. The molecule has 2 atom stereocenters. The number of amides is 4. The molecule has 5 rings (SSSR count). The predicted octanol–water partition coefficient (Wildman–Crippen LogP) is 1.36. The van der Waals surface area contributed by atoms with E-state index < -0.39 is 29.8 Å². The first kappa shape index (κ1) is 23.3. The molecule has 11 nitrogen and oxygen atoms in total. The molecule has 4 amide bonds. The number of hydrogen-bond donors (Lipinski definition) is 2. The minimum Gasteiger partial charge on any atom is -0.344 e. The molecule has 1 saturated heterocycles. The van der Waals surface area contributed by atoms with Crippen LogP contribution in [0, 0.1) is 12.9 Å². The summed E-state index contributed by atoms with van der Waals surface area (Å²) < 4.78 is 15.5. The normalized spacial score (nSPS) is 18.1. The second-order valence-corrected chi connectivity index (χ2v) is 8.88. The number of fused-ring (bicyclic) bond motifs is 1. The van der Waals surface area contributed by atoms with E-state index in [1.807, 2.05) is 0 Å². The molecule has 0 spiro atoms. The lowest BCUT2D eigenvalue weighted by Crippen LogP contribution is -2.52. The van der Waals surface area contributed by atoms with Crippen molar-refractivity contribution in [3.8, 4) is 5.69 Å². The number of rotatable bonds is 5. The van der Waals surface area contributed by atoms with Crippen molar-refractivity contribution in [3.63, 3.8) is 0 Å². The fourth-order valence-corrected chi connectivity index (χ4v) is 4.42. The number of nitrogens with zero attached hydrogens (tertiary/aromatic N) is 5. The molecule has 0 bridgehead atoms. The van der Waals surface area contributed by atoms with Crippen LogP contribution in [0.2, 0.25) is 0 Å². The van der Waals surface area contributed by atoms with Crippen molar-refractivity contribution in [2.24, 2.45) is 0 Å². The first-order valence-corrected chi connectivity index (χ1v) is 11.3. The van der Waals surface area contributed by atoms with Crippen LogP contribution in [0.5, 0.6) is 0 Å². The van der Waals surface area contributed by atoms with Crippen LogP contribution in [0.25, 0.3) is 5.69 Å². The summed E-state index contributed by atoms with van der Waals surface area (Å²) in [5.74, 6) is -2.29. The molecule has 0 aliphatic carbocycles. The van der Waals surface area contributed by atoms with Gasteiger partial charge in [0.15, 0.2) is 5.69 Å². The van der Waals surface area contributed by atoms with Gasteiger partial charge in [-0.2, -0.15) is 4.39 Å². The van der Waals surface area contributed by atoms with Gasteiger partial charge in [0.25, 0.3) is 11.8 Å². The van der Waals surface area contributed by atoms with E-state index in [1.165, 1.54) is 22.0 Å². The number of hydrogen-bond acceptors (Lipinski definition) is 7. The van der Waals surface area contributed by atoms with Gasteiger partial charge in [-0.05, 0) is 55.7 Å². The third kappa shape index (κ3) is 4.21. The summed E-state index contributed by atoms with van der Waals surface area (Å²) in [5, 5.41) is 12.9. The van der Waals surface area contributed by atoms with Gasteiger partial charge in [-0.3, -0.25) is 24.5 Å². The molecule has 36 heavy (non-hydrogen) atoms. The zero-order valence-corrected chi connectivity index (χ0v) is 19.5. The first-order chi connectivity index (χ1) is 17.2. The second-order valence-electron chi connectivity index (χ2n) is 8.88. The average molecular weight is 491 g/mol.